The molecule has 2 amide bonds. The Balaban J connectivity index is 1.23. The van der Waals surface area contributed by atoms with Gasteiger partial charge in [0.1, 0.15) is 0 Å². The van der Waals surface area contributed by atoms with Crippen molar-refractivity contribution < 1.29 is 14.3 Å². The standard InChI is InChI=1S/C21H29N3O3/c1-16(18-4-2-3-5-18)13-22-21(25)24-10-8-23(9-11-24)14-17-6-7-19-20(12-17)27-15-26-19/h6-7,12-13,18H,2-5,8-11,14-15H2,1H3,(H,22,25)/b16-13+. The molecule has 1 aromatic carbocycles. The van der Waals surface area contributed by atoms with Crippen molar-refractivity contribution in [1.29, 1.82) is 0 Å². The first-order chi connectivity index (χ1) is 13.2. The molecule has 1 N–H and O–H groups in total. The summed E-state index contributed by atoms with van der Waals surface area (Å²) in [6, 6.07) is 6.14. The fourth-order valence-corrected chi connectivity index (χ4v) is 4.17. The number of fused-ring (bicyclic) bond motifs is 1. The molecule has 146 valence electrons. The quantitative estimate of drug-likeness (QED) is 0.882. The molecule has 1 saturated heterocycles. The summed E-state index contributed by atoms with van der Waals surface area (Å²) in [5.41, 5.74) is 2.52. The normalized spacial score (nSPS) is 20.9. The number of amides is 2. The molecule has 0 bridgehead atoms. The summed E-state index contributed by atoms with van der Waals surface area (Å²) in [4.78, 5) is 16.7. The van der Waals surface area contributed by atoms with E-state index < -0.39 is 0 Å². The van der Waals surface area contributed by atoms with Gasteiger partial charge < -0.3 is 19.7 Å². The van der Waals surface area contributed by atoms with E-state index >= 15 is 0 Å². The van der Waals surface area contributed by atoms with Crippen molar-refractivity contribution in [3.8, 4) is 11.5 Å². The summed E-state index contributed by atoms with van der Waals surface area (Å²) >= 11 is 0. The first-order valence-electron chi connectivity index (χ1n) is 10.0. The van der Waals surface area contributed by atoms with Crippen molar-refractivity contribution in [2.75, 3.05) is 33.0 Å². The number of hydrogen-bond acceptors (Lipinski definition) is 4. The van der Waals surface area contributed by atoms with Crippen molar-refractivity contribution in [1.82, 2.24) is 15.1 Å². The lowest BCUT2D eigenvalue weighted by atomic mass is 10.0. The third kappa shape index (κ3) is 4.38. The van der Waals surface area contributed by atoms with Crippen molar-refractivity contribution in [3.05, 3.63) is 35.5 Å². The van der Waals surface area contributed by atoms with Gasteiger partial charge in [-0.25, -0.2) is 4.79 Å². The van der Waals surface area contributed by atoms with E-state index in [1.54, 1.807) is 0 Å². The molecule has 0 atom stereocenters. The lowest BCUT2D eigenvalue weighted by Crippen LogP contribution is -2.50. The van der Waals surface area contributed by atoms with Crippen molar-refractivity contribution >= 4 is 6.03 Å². The van der Waals surface area contributed by atoms with Gasteiger partial charge in [-0.05, 0) is 43.4 Å². The molecule has 0 spiro atoms. The van der Waals surface area contributed by atoms with Gasteiger partial charge in [-0.2, -0.15) is 0 Å². The molecule has 1 aliphatic carbocycles. The van der Waals surface area contributed by atoms with E-state index in [-0.39, 0.29) is 6.03 Å². The zero-order chi connectivity index (χ0) is 18.6. The topological polar surface area (TPSA) is 54.0 Å². The van der Waals surface area contributed by atoms with Gasteiger partial charge in [0.15, 0.2) is 11.5 Å². The third-order valence-corrected chi connectivity index (χ3v) is 5.93. The average molecular weight is 371 g/mol. The van der Waals surface area contributed by atoms with Crippen LogP contribution in [0.3, 0.4) is 0 Å². The molecule has 6 nitrogen and oxygen atoms in total. The number of piperazine rings is 1. The number of urea groups is 1. The van der Waals surface area contributed by atoms with Gasteiger partial charge in [0, 0.05) is 38.9 Å². The minimum absolute atomic E-state index is 0.0232. The lowest BCUT2D eigenvalue weighted by molar-refractivity contribution is 0.137. The van der Waals surface area contributed by atoms with Gasteiger partial charge in [0.25, 0.3) is 0 Å². The first kappa shape index (κ1) is 18.2. The Hall–Kier alpha value is -2.21. The third-order valence-electron chi connectivity index (χ3n) is 5.93. The van der Waals surface area contributed by atoms with Gasteiger partial charge in [-0.15, -0.1) is 0 Å². The average Bonchev–Trinajstić information content (AvgIpc) is 3.38. The fraction of sp³-hybridized carbons (Fsp3) is 0.571. The SMILES string of the molecule is C/C(=C\NC(=O)N1CCN(Cc2ccc3c(c2)OCO3)CC1)C1CCCC1. The van der Waals surface area contributed by atoms with E-state index in [2.05, 4.69) is 29.3 Å². The van der Waals surface area contributed by atoms with E-state index in [0.717, 1.165) is 44.2 Å². The highest BCUT2D eigenvalue weighted by Gasteiger charge is 2.22. The summed E-state index contributed by atoms with van der Waals surface area (Å²) in [6.45, 7) is 6.59. The predicted octanol–water partition coefficient (Wildman–Crippen LogP) is 3.34. The van der Waals surface area contributed by atoms with Crippen LogP contribution in [-0.4, -0.2) is 48.8 Å². The Morgan fingerprint density at radius 3 is 2.67 bits per heavy atom. The molecule has 0 unspecified atom stereocenters. The number of allylic oxidation sites excluding steroid dienone is 1. The summed E-state index contributed by atoms with van der Waals surface area (Å²) in [6.07, 6.45) is 7.08. The summed E-state index contributed by atoms with van der Waals surface area (Å²) in [5, 5.41) is 3.00. The number of carbonyl (C=O) groups is 1. The van der Waals surface area contributed by atoms with Crippen LogP contribution in [0.15, 0.2) is 30.0 Å². The number of rotatable bonds is 4. The Kier molecular flexibility index (Phi) is 5.53. The molecule has 2 heterocycles. The maximum absolute atomic E-state index is 12.4. The van der Waals surface area contributed by atoms with Crippen molar-refractivity contribution in [3.63, 3.8) is 0 Å². The van der Waals surface area contributed by atoms with E-state index in [4.69, 9.17) is 9.47 Å². The van der Waals surface area contributed by atoms with Crippen LogP contribution in [0.2, 0.25) is 0 Å². The van der Waals surface area contributed by atoms with Gasteiger partial charge in [0.05, 0.1) is 0 Å². The van der Waals surface area contributed by atoms with Crippen molar-refractivity contribution in [2.24, 2.45) is 5.92 Å². The number of benzene rings is 1. The molecule has 1 saturated carbocycles. The molecular formula is C21H29N3O3. The van der Waals surface area contributed by atoms with E-state index in [9.17, 15) is 4.79 Å². The number of nitrogens with one attached hydrogen (secondary N) is 1. The van der Waals surface area contributed by atoms with Crippen LogP contribution >= 0.6 is 0 Å². The van der Waals surface area contributed by atoms with E-state index in [1.165, 1.54) is 36.8 Å². The maximum atomic E-state index is 12.4. The molecule has 2 fully saturated rings. The molecule has 0 radical (unpaired) electrons. The largest absolute Gasteiger partial charge is 0.454 e. The van der Waals surface area contributed by atoms with Crippen LogP contribution in [0.1, 0.15) is 38.2 Å². The predicted molar refractivity (Wildman–Crippen MR) is 104 cm³/mol. The Labute approximate surface area is 161 Å². The molecule has 2 aliphatic heterocycles. The number of carbonyl (C=O) groups excluding carboxylic acids is 1. The molecular weight excluding hydrogens is 342 g/mol. The van der Waals surface area contributed by atoms with Crippen molar-refractivity contribution in [2.45, 2.75) is 39.2 Å². The first-order valence-corrected chi connectivity index (χ1v) is 10.0. The molecule has 6 heteroatoms. The Bertz CT molecular complexity index is 705. The molecule has 3 aliphatic rings. The maximum Gasteiger partial charge on any atom is 0.321 e. The summed E-state index contributed by atoms with van der Waals surface area (Å²) in [7, 11) is 0. The second-order valence-corrected chi connectivity index (χ2v) is 7.77. The second kappa shape index (κ2) is 8.21. The second-order valence-electron chi connectivity index (χ2n) is 7.77. The van der Waals surface area contributed by atoms with Crippen LogP contribution in [0.5, 0.6) is 11.5 Å². The van der Waals surface area contributed by atoms with Crippen LogP contribution in [0.25, 0.3) is 0 Å². The lowest BCUT2D eigenvalue weighted by Gasteiger charge is -2.34. The smallest absolute Gasteiger partial charge is 0.321 e. The molecule has 4 rings (SSSR count). The van der Waals surface area contributed by atoms with Crippen LogP contribution in [0, 0.1) is 5.92 Å². The minimum Gasteiger partial charge on any atom is -0.454 e. The summed E-state index contributed by atoms with van der Waals surface area (Å²) < 4.78 is 10.8. The zero-order valence-electron chi connectivity index (χ0n) is 16.1. The van der Waals surface area contributed by atoms with Crippen LogP contribution < -0.4 is 14.8 Å². The van der Waals surface area contributed by atoms with Gasteiger partial charge >= 0.3 is 6.03 Å². The molecule has 27 heavy (non-hydrogen) atoms. The highest BCUT2D eigenvalue weighted by atomic mass is 16.7. The van der Waals surface area contributed by atoms with Gasteiger partial charge in [-0.1, -0.05) is 24.5 Å². The Morgan fingerprint density at radius 1 is 1.15 bits per heavy atom. The number of nitrogens with zero attached hydrogens (tertiary/aromatic N) is 2. The highest BCUT2D eigenvalue weighted by Crippen LogP contribution is 2.33. The van der Waals surface area contributed by atoms with Crippen LogP contribution in [-0.2, 0) is 6.54 Å². The number of hydrogen-bond donors (Lipinski definition) is 1. The monoisotopic (exact) mass is 371 g/mol. The minimum atomic E-state index is 0.0232. The Morgan fingerprint density at radius 2 is 1.89 bits per heavy atom. The zero-order valence-corrected chi connectivity index (χ0v) is 16.1. The van der Waals surface area contributed by atoms with E-state index in [0.29, 0.717) is 12.7 Å². The van der Waals surface area contributed by atoms with E-state index in [1.807, 2.05) is 17.2 Å². The fourth-order valence-electron chi connectivity index (χ4n) is 4.17. The van der Waals surface area contributed by atoms with Crippen LogP contribution in [0.4, 0.5) is 4.79 Å². The summed E-state index contributed by atoms with van der Waals surface area (Å²) in [5.74, 6) is 2.31. The highest BCUT2D eigenvalue weighted by molar-refractivity contribution is 5.75. The van der Waals surface area contributed by atoms with Gasteiger partial charge in [-0.3, -0.25) is 4.90 Å². The molecule has 0 aromatic heterocycles. The number of ether oxygens (including phenoxy) is 2. The molecule has 1 aromatic rings. The van der Waals surface area contributed by atoms with Gasteiger partial charge in [0.2, 0.25) is 6.79 Å².